The molecule has 0 heterocycles. The van der Waals surface area contributed by atoms with Crippen molar-refractivity contribution in [3.05, 3.63) is 59.9 Å². The molecule has 0 spiro atoms. The number of para-hydroxylation sites is 1. The van der Waals surface area contributed by atoms with Gasteiger partial charge in [0.15, 0.2) is 0 Å². The van der Waals surface area contributed by atoms with Crippen LogP contribution >= 0.6 is 0 Å². The number of benzene rings is 2. The molecule has 0 fully saturated rings. The van der Waals surface area contributed by atoms with Gasteiger partial charge in [0.05, 0.1) is 12.1 Å². The van der Waals surface area contributed by atoms with Crippen LogP contribution in [-0.4, -0.2) is 24.9 Å². The van der Waals surface area contributed by atoms with Crippen LogP contribution in [0.1, 0.15) is 17.3 Å². The molecule has 2 aromatic carbocycles. The van der Waals surface area contributed by atoms with Gasteiger partial charge >= 0.3 is 0 Å². The zero-order chi connectivity index (χ0) is 16.8. The number of halogens is 1. The summed E-state index contributed by atoms with van der Waals surface area (Å²) in [5.74, 6) is -1.86. The van der Waals surface area contributed by atoms with Crippen LogP contribution in [0.3, 0.4) is 0 Å². The average molecular weight is 315 g/mol. The highest BCUT2D eigenvalue weighted by atomic mass is 19.1. The van der Waals surface area contributed by atoms with Gasteiger partial charge in [-0.05, 0) is 37.3 Å². The summed E-state index contributed by atoms with van der Waals surface area (Å²) in [6.45, 7) is 2.75. The SMILES string of the molecule is CCN(CC(=O)Nc1ccc(F)c(C(N)=O)c1)c1ccccc1. The van der Waals surface area contributed by atoms with Crippen molar-refractivity contribution < 1.29 is 14.0 Å². The molecule has 0 radical (unpaired) electrons. The molecule has 23 heavy (non-hydrogen) atoms. The van der Waals surface area contributed by atoms with Gasteiger partial charge in [-0.3, -0.25) is 9.59 Å². The van der Waals surface area contributed by atoms with E-state index in [9.17, 15) is 14.0 Å². The zero-order valence-corrected chi connectivity index (χ0v) is 12.8. The van der Waals surface area contributed by atoms with Crippen molar-refractivity contribution in [1.82, 2.24) is 0 Å². The van der Waals surface area contributed by atoms with E-state index in [0.717, 1.165) is 11.8 Å². The van der Waals surface area contributed by atoms with Gasteiger partial charge < -0.3 is 16.0 Å². The Hall–Kier alpha value is -2.89. The lowest BCUT2D eigenvalue weighted by molar-refractivity contribution is -0.115. The third-order valence-electron chi connectivity index (χ3n) is 3.35. The molecule has 0 aliphatic carbocycles. The molecule has 0 atom stereocenters. The summed E-state index contributed by atoms with van der Waals surface area (Å²) >= 11 is 0. The number of hydrogen-bond acceptors (Lipinski definition) is 3. The first kappa shape index (κ1) is 16.5. The Morgan fingerprint density at radius 2 is 1.87 bits per heavy atom. The van der Waals surface area contributed by atoms with Crippen LogP contribution in [0.2, 0.25) is 0 Å². The Morgan fingerprint density at radius 1 is 1.17 bits per heavy atom. The summed E-state index contributed by atoms with van der Waals surface area (Å²) < 4.78 is 13.4. The summed E-state index contributed by atoms with van der Waals surface area (Å²) in [6, 6.07) is 13.3. The normalized spacial score (nSPS) is 10.2. The number of anilines is 2. The molecule has 2 amide bonds. The highest BCUT2D eigenvalue weighted by molar-refractivity contribution is 5.97. The fourth-order valence-corrected chi connectivity index (χ4v) is 2.19. The van der Waals surface area contributed by atoms with Crippen molar-refractivity contribution in [2.75, 3.05) is 23.3 Å². The topological polar surface area (TPSA) is 75.4 Å². The maximum absolute atomic E-state index is 13.4. The third-order valence-corrected chi connectivity index (χ3v) is 3.35. The molecule has 2 rings (SSSR count). The van der Waals surface area contributed by atoms with Gasteiger partial charge in [0, 0.05) is 17.9 Å². The van der Waals surface area contributed by atoms with Gasteiger partial charge in [0.1, 0.15) is 5.82 Å². The Kier molecular flexibility index (Phi) is 5.30. The molecule has 0 aliphatic rings. The lowest BCUT2D eigenvalue weighted by atomic mass is 10.1. The minimum absolute atomic E-state index is 0.143. The van der Waals surface area contributed by atoms with E-state index < -0.39 is 11.7 Å². The first-order valence-corrected chi connectivity index (χ1v) is 7.20. The van der Waals surface area contributed by atoms with Crippen molar-refractivity contribution in [2.45, 2.75) is 6.92 Å². The number of likely N-dealkylation sites (N-methyl/N-ethyl adjacent to an activating group) is 1. The lowest BCUT2D eigenvalue weighted by Gasteiger charge is -2.22. The highest BCUT2D eigenvalue weighted by Gasteiger charge is 2.13. The Labute approximate surface area is 133 Å². The number of hydrogen-bond donors (Lipinski definition) is 2. The Balaban J connectivity index is 2.07. The van der Waals surface area contributed by atoms with Crippen molar-refractivity contribution >= 4 is 23.2 Å². The quantitative estimate of drug-likeness (QED) is 0.859. The van der Waals surface area contributed by atoms with Crippen LogP contribution in [0.4, 0.5) is 15.8 Å². The van der Waals surface area contributed by atoms with E-state index in [-0.39, 0.29) is 18.0 Å². The van der Waals surface area contributed by atoms with Crippen LogP contribution in [0.25, 0.3) is 0 Å². The third kappa shape index (κ3) is 4.29. The molecule has 0 unspecified atom stereocenters. The molecule has 2 aromatic rings. The second-order valence-corrected chi connectivity index (χ2v) is 4.96. The van der Waals surface area contributed by atoms with E-state index >= 15 is 0 Å². The number of primary amides is 1. The van der Waals surface area contributed by atoms with Crippen molar-refractivity contribution in [3.63, 3.8) is 0 Å². The molecule has 5 nitrogen and oxygen atoms in total. The van der Waals surface area contributed by atoms with E-state index in [0.29, 0.717) is 12.2 Å². The largest absolute Gasteiger partial charge is 0.366 e. The molecule has 6 heteroatoms. The fraction of sp³-hybridized carbons (Fsp3) is 0.176. The maximum Gasteiger partial charge on any atom is 0.251 e. The Bertz CT molecular complexity index is 704. The number of amides is 2. The summed E-state index contributed by atoms with van der Waals surface area (Å²) in [7, 11) is 0. The molecular weight excluding hydrogens is 297 g/mol. The predicted molar refractivity (Wildman–Crippen MR) is 87.9 cm³/mol. The fourth-order valence-electron chi connectivity index (χ4n) is 2.19. The molecule has 0 saturated carbocycles. The smallest absolute Gasteiger partial charge is 0.251 e. The van der Waals surface area contributed by atoms with Crippen molar-refractivity contribution in [2.24, 2.45) is 5.73 Å². The van der Waals surface area contributed by atoms with E-state index in [2.05, 4.69) is 5.32 Å². The van der Waals surface area contributed by atoms with Crippen LogP contribution < -0.4 is 16.0 Å². The molecule has 0 aromatic heterocycles. The van der Waals surface area contributed by atoms with E-state index in [1.165, 1.54) is 12.1 Å². The molecule has 0 bridgehead atoms. The van der Waals surface area contributed by atoms with Gasteiger partial charge in [-0.2, -0.15) is 0 Å². The van der Waals surface area contributed by atoms with Gasteiger partial charge in [-0.25, -0.2) is 4.39 Å². The number of nitrogens with zero attached hydrogens (tertiary/aromatic N) is 1. The van der Waals surface area contributed by atoms with Crippen LogP contribution in [0, 0.1) is 5.82 Å². The van der Waals surface area contributed by atoms with E-state index in [1.54, 1.807) is 0 Å². The van der Waals surface area contributed by atoms with Gasteiger partial charge in [0.2, 0.25) is 5.91 Å². The second kappa shape index (κ2) is 7.40. The van der Waals surface area contributed by atoms with E-state index in [1.807, 2.05) is 42.2 Å². The number of nitrogens with two attached hydrogens (primary N) is 1. The maximum atomic E-state index is 13.4. The number of carbonyl (C=O) groups excluding carboxylic acids is 2. The molecule has 0 aliphatic heterocycles. The lowest BCUT2D eigenvalue weighted by Crippen LogP contribution is -2.33. The molecule has 3 N–H and O–H groups in total. The second-order valence-electron chi connectivity index (χ2n) is 4.96. The van der Waals surface area contributed by atoms with E-state index in [4.69, 9.17) is 5.73 Å². The molecular formula is C17H18FN3O2. The summed E-state index contributed by atoms with van der Waals surface area (Å²) in [5, 5.41) is 2.64. The summed E-state index contributed by atoms with van der Waals surface area (Å²) in [4.78, 5) is 25.2. The van der Waals surface area contributed by atoms with Crippen molar-refractivity contribution in [3.8, 4) is 0 Å². The van der Waals surface area contributed by atoms with Crippen LogP contribution in [0.15, 0.2) is 48.5 Å². The minimum atomic E-state index is -0.877. The van der Waals surface area contributed by atoms with Gasteiger partial charge in [-0.1, -0.05) is 18.2 Å². The van der Waals surface area contributed by atoms with Gasteiger partial charge in [-0.15, -0.1) is 0 Å². The first-order valence-electron chi connectivity index (χ1n) is 7.20. The van der Waals surface area contributed by atoms with Crippen LogP contribution in [-0.2, 0) is 4.79 Å². The average Bonchev–Trinajstić information content (AvgIpc) is 2.55. The minimum Gasteiger partial charge on any atom is -0.366 e. The Morgan fingerprint density at radius 3 is 2.48 bits per heavy atom. The summed E-state index contributed by atoms with van der Waals surface area (Å²) in [5.41, 5.74) is 6.10. The standard InChI is InChI=1S/C17H18FN3O2/c1-2-21(13-6-4-3-5-7-13)11-16(22)20-12-8-9-15(18)14(10-12)17(19)23/h3-10H,2,11H2,1H3,(H2,19,23)(H,20,22). The molecule has 0 saturated heterocycles. The zero-order valence-electron chi connectivity index (χ0n) is 12.8. The summed E-state index contributed by atoms with van der Waals surface area (Å²) in [6.07, 6.45) is 0. The number of carbonyl (C=O) groups is 2. The number of nitrogens with one attached hydrogen (secondary N) is 1. The van der Waals surface area contributed by atoms with Crippen molar-refractivity contribution in [1.29, 1.82) is 0 Å². The predicted octanol–water partition coefficient (Wildman–Crippen LogP) is 2.39. The highest BCUT2D eigenvalue weighted by Crippen LogP contribution is 2.16. The number of rotatable bonds is 6. The van der Waals surface area contributed by atoms with Gasteiger partial charge in [0.25, 0.3) is 5.91 Å². The first-order chi connectivity index (χ1) is 11.0. The molecule has 120 valence electrons. The monoisotopic (exact) mass is 315 g/mol. The van der Waals surface area contributed by atoms with Crippen LogP contribution in [0.5, 0.6) is 0 Å².